The van der Waals surface area contributed by atoms with E-state index in [1.165, 1.54) is 18.2 Å². The maximum Gasteiger partial charge on any atom is 0.338 e. The van der Waals surface area contributed by atoms with E-state index in [2.05, 4.69) is 15.8 Å². The highest BCUT2D eigenvalue weighted by Gasteiger charge is 2.13. The predicted octanol–water partition coefficient (Wildman–Crippen LogP) is 2.39. The summed E-state index contributed by atoms with van der Waals surface area (Å²) in [5.74, 6) is -1.91. The van der Waals surface area contributed by atoms with Crippen molar-refractivity contribution in [3.8, 4) is 0 Å². The molecule has 0 bridgehead atoms. The van der Waals surface area contributed by atoms with Gasteiger partial charge in [-0.2, -0.15) is 0 Å². The summed E-state index contributed by atoms with van der Waals surface area (Å²) in [4.78, 5) is 38.0. The second kappa shape index (κ2) is 10.3. The average Bonchev–Trinajstić information content (AvgIpc) is 2.73. The number of halogens is 1. The van der Waals surface area contributed by atoms with Crippen LogP contribution in [0.1, 0.15) is 34.6 Å². The summed E-state index contributed by atoms with van der Waals surface area (Å²) >= 11 is 5.79. The molecule has 0 spiro atoms. The van der Waals surface area contributed by atoms with Crippen molar-refractivity contribution in [3.63, 3.8) is 0 Å². The lowest BCUT2D eigenvalue weighted by Gasteiger charge is -2.21. The SMILES string of the molecule is CCN(CC)c1ccc(C(=O)NNC(=O)COC(=O)c2ccc(Cl)c(N)c2)cc1. The van der Waals surface area contributed by atoms with E-state index in [-0.39, 0.29) is 11.3 Å². The third-order valence-corrected chi connectivity index (χ3v) is 4.48. The van der Waals surface area contributed by atoms with Gasteiger partial charge in [0.05, 0.1) is 16.3 Å². The van der Waals surface area contributed by atoms with Gasteiger partial charge in [0.15, 0.2) is 6.61 Å². The van der Waals surface area contributed by atoms with Crippen LogP contribution in [-0.4, -0.2) is 37.5 Å². The van der Waals surface area contributed by atoms with Crippen LogP contribution in [0.5, 0.6) is 0 Å². The molecule has 0 saturated heterocycles. The lowest BCUT2D eigenvalue weighted by Crippen LogP contribution is -2.43. The zero-order chi connectivity index (χ0) is 21.4. The Balaban J connectivity index is 1.81. The highest BCUT2D eigenvalue weighted by molar-refractivity contribution is 6.33. The van der Waals surface area contributed by atoms with Crippen molar-refractivity contribution in [2.45, 2.75) is 13.8 Å². The first-order chi connectivity index (χ1) is 13.8. The predicted molar refractivity (Wildman–Crippen MR) is 112 cm³/mol. The lowest BCUT2D eigenvalue weighted by molar-refractivity contribution is -0.125. The molecule has 0 aliphatic rings. The Hall–Kier alpha value is -3.26. The molecule has 4 N–H and O–H groups in total. The van der Waals surface area contributed by atoms with E-state index in [1.807, 2.05) is 26.0 Å². The maximum atomic E-state index is 12.1. The number of hydrogen-bond donors (Lipinski definition) is 3. The fraction of sp³-hybridized carbons (Fsp3) is 0.250. The number of carbonyl (C=O) groups excluding carboxylic acids is 3. The molecule has 0 atom stereocenters. The zero-order valence-electron chi connectivity index (χ0n) is 16.2. The van der Waals surface area contributed by atoms with Crippen LogP contribution in [0.3, 0.4) is 0 Å². The number of anilines is 2. The molecule has 0 heterocycles. The van der Waals surface area contributed by atoms with Gasteiger partial charge in [0.2, 0.25) is 0 Å². The number of nitrogens with one attached hydrogen (secondary N) is 2. The first-order valence-electron chi connectivity index (χ1n) is 9.02. The number of rotatable bonds is 7. The van der Waals surface area contributed by atoms with Gasteiger partial charge >= 0.3 is 5.97 Å². The Labute approximate surface area is 173 Å². The number of benzene rings is 2. The molecule has 9 heteroatoms. The smallest absolute Gasteiger partial charge is 0.338 e. The molecule has 0 aliphatic carbocycles. The minimum atomic E-state index is -0.734. The van der Waals surface area contributed by atoms with Crippen LogP contribution in [0.25, 0.3) is 0 Å². The molecule has 2 aromatic carbocycles. The van der Waals surface area contributed by atoms with Crippen LogP contribution in [0.2, 0.25) is 5.02 Å². The van der Waals surface area contributed by atoms with Crippen molar-refractivity contribution in [1.29, 1.82) is 0 Å². The third kappa shape index (κ3) is 6.11. The largest absolute Gasteiger partial charge is 0.452 e. The van der Waals surface area contributed by atoms with Crippen LogP contribution in [-0.2, 0) is 9.53 Å². The topological polar surface area (TPSA) is 114 Å². The fourth-order valence-electron chi connectivity index (χ4n) is 2.53. The maximum absolute atomic E-state index is 12.1. The van der Waals surface area contributed by atoms with Gasteiger partial charge in [0, 0.05) is 24.3 Å². The van der Waals surface area contributed by atoms with Gasteiger partial charge in [0.1, 0.15) is 0 Å². The zero-order valence-corrected chi connectivity index (χ0v) is 17.0. The number of amides is 2. The van der Waals surface area contributed by atoms with Crippen molar-refractivity contribution in [1.82, 2.24) is 10.9 Å². The molecule has 29 heavy (non-hydrogen) atoms. The van der Waals surface area contributed by atoms with Gasteiger partial charge in [-0.25, -0.2) is 4.79 Å². The van der Waals surface area contributed by atoms with Crippen molar-refractivity contribution >= 4 is 40.8 Å². The fourth-order valence-corrected chi connectivity index (χ4v) is 2.65. The normalized spacial score (nSPS) is 10.2. The average molecular weight is 419 g/mol. The molecule has 2 aromatic rings. The van der Waals surface area contributed by atoms with Crippen LogP contribution in [0, 0.1) is 0 Å². The summed E-state index contributed by atoms with van der Waals surface area (Å²) in [7, 11) is 0. The first-order valence-corrected chi connectivity index (χ1v) is 9.39. The van der Waals surface area contributed by atoms with Gasteiger partial charge in [0.25, 0.3) is 11.8 Å². The number of nitrogens with two attached hydrogens (primary N) is 1. The number of hydrogen-bond acceptors (Lipinski definition) is 6. The van der Waals surface area contributed by atoms with Gasteiger partial charge in [-0.05, 0) is 56.3 Å². The molecule has 2 amide bonds. The van der Waals surface area contributed by atoms with Crippen molar-refractivity contribution in [3.05, 3.63) is 58.6 Å². The summed E-state index contributed by atoms with van der Waals surface area (Å²) in [5, 5.41) is 0.312. The number of carbonyl (C=O) groups is 3. The first kappa shape index (κ1) is 22.0. The van der Waals surface area contributed by atoms with Crippen LogP contribution >= 0.6 is 11.6 Å². The van der Waals surface area contributed by atoms with E-state index in [0.29, 0.717) is 10.6 Å². The van der Waals surface area contributed by atoms with Gasteiger partial charge < -0.3 is 15.4 Å². The molecule has 0 aromatic heterocycles. The van der Waals surface area contributed by atoms with E-state index in [9.17, 15) is 14.4 Å². The number of hydrazine groups is 1. The Morgan fingerprint density at radius 1 is 1.00 bits per heavy atom. The minimum Gasteiger partial charge on any atom is -0.452 e. The molecule has 0 aliphatic heterocycles. The highest BCUT2D eigenvalue weighted by atomic mass is 35.5. The molecule has 0 radical (unpaired) electrons. The monoisotopic (exact) mass is 418 g/mol. The molecular formula is C20H23ClN4O4. The summed E-state index contributed by atoms with van der Waals surface area (Å²) in [5.41, 5.74) is 11.9. The van der Waals surface area contributed by atoms with E-state index >= 15 is 0 Å². The standard InChI is InChI=1S/C20H23ClN4O4/c1-3-25(4-2)15-8-5-13(6-9-15)19(27)24-23-18(26)12-29-20(28)14-7-10-16(21)17(22)11-14/h5-11H,3-4,12,22H2,1-2H3,(H,23,26)(H,24,27). The highest BCUT2D eigenvalue weighted by Crippen LogP contribution is 2.20. The Morgan fingerprint density at radius 3 is 2.21 bits per heavy atom. The summed E-state index contributed by atoms with van der Waals surface area (Å²) in [6, 6.07) is 11.3. The molecule has 0 fully saturated rings. The Bertz CT molecular complexity index is 883. The van der Waals surface area contributed by atoms with E-state index in [1.54, 1.807) is 12.1 Å². The van der Waals surface area contributed by atoms with Crippen molar-refractivity contribution in [2.24, 2.45) is 0 Å². The molecule has 8 nitrogen and oxygen atoms in total. The quantitative estimate of drug-likeness (QED) is 0.361. The second-order valence-corrected chi connectivity index (χ2v) is 6.44. The third-order valence-electron chi connectivity index (χ3n) is 4.14. The van der Waals surface area contributed by atoms with E-state index in [4.69, 9.17) is 22.1 Å². The molecule has 154 valence electrons. The lowest BCUT2D eigenvalue weighted by atomic mass is 10.2. The van der Waals surface area contributed by atoms with E-state index in [0.717, 1.165) is 18.8 Å². The van der Waals surface area contributed by atoms with Crippen LogP contribution in [0.15, 0.2) is 42.5 Å². The van der Waals surface area contributed by atoms with Crippen LogP contribution < -0.4 is 21.5 Å². The van der Waals surface area contributed by atoms with Gasteiger partial charge in [-0.1, -0.05) is 11.6 Å². The Kier molecular flexibility index (Phi) is 7.85. The number of esters is 1. The molecule has 0 saturated carbocycles. The number of nitrogen functional groups attached to an aromatic ring is 1. The number of ether oxygens (including phenoxy) is 1. The molecule has 2 rings (SSSR count). The number of nitrogens with zero attached hydrogens (tertiary/aromatic N) is 1. The Morgan fingerprint density at radius 2 is 1.62 bits per heavy atom. The molecular weight excluding hydrogens is 396 g/mol. The van der Waals surface area contributed by atoms with Crippen molar-refractivity contribution < 1.29 is 19.1 Å². The minimum absolute atomic E-state index is 0.164. The summed E-state index contributed by atoms with van der Waals surface area (Å²) < 4.78 is 4.88. The summed E-state index contributed by atoms with van der Waals surface area (Å²) in [6.07, 6.45) is 0. The van der Waals surface area contributed by atoms with Crippen molar-refractivity contribution in [2.75, 3.05) is 30.3 Å². The van der Waals surface area contributed by atoms with Crippen LogP contribution in [0.4, 0.5) is 11.4 Å². The van der Waals surface area contributed by atoms with Gasteiger partial charge in [-0.15, -0.1) is 0 Å². The summed E-state index contributed by atoms with van der Waals surface area (Å²) in [6.45, 7) is 5.25. The second-order valence-electron chi connectivity index (χ2n) is 6.03. The van der Waals surface area contributed by atoms with Gasteiger partial charge in [-0.3, -0.25) is 20.4 Å². The molecule has 0 unspecified atom stereocenters. The van der Waals surface area contributed by atoms with E-state index < -0.39 is 24.4 Å².